The van der Waals surface area contributed by atoms with Crippen molar-refractivity contribution in [2.45, 2.75) is 27.3 Å². The Morgan fingerprint density at radius 3 is 2.82 bits per heavy atom. The molecule has 0 amide bonds. The van der Waals surface area contributed by atoms with Crippen molar-refractivity contribution >= 4 is 11.3 Å². The maximum Gasteiger partial charge on any atom is 0.148 e. The van der Waals surface area contributed by atoms with E-state index < -0.39 is 0 Å². The van der Waals surface area contributed by atoms with Gasteiger partial charge in [-0.25, -0.2) is 0 Å². The molecule has 0 radical (unpaired) electrons. The number of rotatable bonds is 4. The van der Waals surface area contributed by atoms with Gasteiger partial charge in [-0.2, -0.15) is 0 Å². The zero-order chi connectivity index (χ0) is 12.3. The summed E-state index contributed by atoms with van der Waals surface area (Å²) in [5, 5.41) is 13.8. The molecule has 0 unspecified atom stereocenters. The number of aryl methyl sites for hydroxylation is 2. The van der Waals surface area contributed by atoms with E-state index in [4.69, 9.17) is 0 Å². The summed E-state index contributed by atoms with van der Waals surface area (Å²) in [5.74, 6) is 0. The van der Waals surface area contributed by atoms with E-state index >= 15 is 0 Å². The van der Waals surface area contributed by atoms with Crippen molar-refractivity contribution in [2.24, 2.45) is 0 Å². The first-order chi connectivity index (χ1) is 8.20. The third-order valence-electron chi connectivity index (χ3n) is 2.62. The molecule has 0 fully saturated rings. The van der Waals surface area contributed by atoms with E-state index in [-0.39, 0.29) is 0 Å². The molecule has 1 aromatic carbocycles. The van der Waals surface area contributed by atoms with Crippen molar-refractivity contribution in [2.75, 3.05) is 6.54 Å². The Balaban J connectivity index is 2.27. The van der Waals surface area contributed by atoms with Crippen LogP contribution in [0.2, 0.25) is 0 Å². The Hall–Kier alpha value is -1.26. The monoisotopic (exact) mass is 247 g/mol. The molecule has 0 aliphatic heterocycles. The first-order valence-corrected chi connectivity index (χ1v) is 6.63. The lowest BCUT2D eigenvalue weighted by molar-refractivity contribution is 0.715. The average Bonchev–Trinajstić information content (AvgIpc) is 2.78. The molecule has 1 N–H and O–H groups in total. The SMILES string of the molecule is CCNCc1nnc(-c2cc(C)ccc2C)s1. The molecular formula is C13H17N3S. The summed E-state index contributed by atoms with van der Waals surface area (Å²) in [6, 6.07) is 6.43. The number of hydrogen-bond donors (Lipinski definition) is 1. The average molecular weight is 247 g/mol. The Labute approximate surface area is 106 Å². The second-order valence-corrected chi connectivity index (χ2v) is 5.16. The molecular weight excluding hydrogens is 230 g/mol. The van der Waals surface area contributed by atoms with Gasteiger partial charge in [-0.15, -0.1) is 10.2 Å². The maximum atomic E-state index is 4.27. The zero-order valence-electron chi connectivity index (χ0n) is 10.4. The van der Waals surface area contributed by atoms with Crippen LogP contribution < -0.4 is 5.32 Å². The lowest BCUT2D eigenvalue weighted by Gasteiger charge is -2.02. The highest BCUT2D eigenvalue weighted by Gasteiger charge is 2.08. The van der Waals surface area contributed by atoms with Gasteiger partial charge in [-0.3, -0.25) is 0 Å². The van der Waals surface area contributed by atoms with E-state index in [1.54, 1.807) is 11.3 Å². The van der Waals surface area contributed by atoms with Crippen LogP contribution in [0.3, 0.4) is 0 Å². The number of aromatic nitrogens is 2. The highest BCUT2D eigenvalue weighted by atomic mass is 32.1. The second-order valence-electron chi connectivity index (χ2n) is 4.10. The number of hydrogen-bond acceptors (Lipinski definition) is 4. The molecule has 0 aliphatic carbocycles. The number of benzene rings is 1. The van der Waals surface area contributed by atoms with Crippen molar-refractivity contribution in [3.8, 4) is 10.6 Å². The zero-order valence-corrected chi connectivity index (χ0v) is 11.3. The van der Waals surface area contributed by atoms with Gasteiger partial charge in [0.05, 0.1) is 0 Å². The Morgan fingerprint density at radius 2 is 2.06 bits per heavy atom. The summed E-state index contributed by atoms with van der Waals surface area (Å²) in [4.78, 5) is 0. The molecule has 0 spiro atoms. The van der Waals surface area contributed by atoms with Crippen molar-refractivity contribution in [1.82, 2.24) is 15.5 Å². The largest absolute Gasteiger partial charge is 0.311 e. The van der Waals surface area contributed by atoms with Gasteiger partial charge in [0.25, 0.3) is 0 Å². The lowest BCUT2D eigenvalue weighted by atomic mass is 10.1. The summed E-state index contributed by atoms with van der Waals surface area (Å²) in [5.41, 5.74) is 3.71. The molecule has 0 aliphatic rings. The Morgan fingerprint density at radius 1 is 1.24 bits per heavy atom. The molecule has 0 saturated heterocycles. The standard InChI is InChI=1S/C13H17N3S/c1-4-14-8-12-15-16-13(17-12)11-7-9(2)5-6-10(11)3/h5-7,14H,4,8H2,1-3H3. The summed E-state index contributed by atoms with van der Waals surface area (Å²) >= 11 is 1.66. The fourth-order valence-corrected chi connectivity index (χ4v) is 2.52. The molecule has 0 saturated carbocycles. The summed E-state index contributed by atoms with van der Waals surface area (Å²) in [6.07, 6.45) is 0. The lowest BCUT2D eigenvalue weighted by Crippen LogP contribution is -2.11. The van der Waals surface area contributed by atoms with Gasteiger partial charge in [-0.05, 0) is 32.0 Å². The second kappa shape index (κ2) is 5.38. The highest BCUT2D eigenvalue weighted by molar-refractivity contribution is 7.14. The van der Waals surface area contributed by atoms with Crippen molar-refractivity contribution in [1.29, 1.82) is 0 Å². The predicted molar refractivity (Wildman–Crippen MR) is 72.2 cm³/mol. The smallest absolute Gasteiger partial charge is 0.148 e. The van der Waals surface area contributed by atoms with Gasteiger partial charge >= 0.3 is 0 Å². The van der Waals surface area contributed by atoms with Crippen molar-refractivity contribution in [3.63, 3.8) is 0 Å². The molecule has 3 nitrogen and oxygen atoms in total. The summed E-state index contributed by atoms with van der Waals surface area (Å²) in [6.45, 7) is 8.06. The predicted octanol–water partition coefficient (Wildman–Crippen LogP) is 2.93. The van der Waals surface area contributed by atoms with Crippen LogP contribution in [0.5, 0.6) is 0 Å². The van der Waals surface area contributed by atoms with E-state index in [0.717, 1.165) is 23.1 Å². The van der Waals surface area contributed by atoms with E-state index in [1.165, 1.54) is 16.7 Å². The van der Waals surface area contributed by atoms with Crippen LogP contribution in [-0.4, -0.2) is 16.7 Å². The van der Waals surface area contributed by atoms with E-state index in [9.17, 15) is 0 Å². The van der Waals surface area contributed by atoms with Crippen molar-refractivity contribution in [3.05, 3.63) is 34.3 Å². The number of nitrogens with one attached hydrogen (secondary N) is 1. The van der Waals surface area contributed by atoms with Crippen LogP contribution in [-0.2, 0) is 6.54 Å². The minimum absolute atomic E-state index is 0.805. The quantitative estimate of drug-likeness (QED) is 0.902. The molecule has 90 valence electrons. The molecule has 17 heavy (non-hydrogen) atoms. The van der Waals surface area contributed by atoms with E-state index in [0.29, 0.717) is 0 Å². The van der Waals surface area contributed by atoms with Crippen LogP contribution in [0.1, 0.15) is 23.1 Å². The minimum Gasteiger partial charge on any atom is -0.311 e. The van der Waals surface area contributed by atoms with Crippen LogP contribution in [0.4, 0.5) is 0 Å². The Bertz CT molecular complexity index is 505. The van der Waals surface area contributed by atoms with Crippen LogP contribution >= 0.6 is 11.3 Å². The van der Waals surface area contributed by atoms with E-state index in [2.05, 4.69) is 54.5 Å². The van der Waals surface area contributed by atoms with Gasteiger partial charge in [0.15, 0.2) is 0 Å². The molecule has 1 heterocycles. The molecule has 2 rings (SSSR count). The van der Waals surface area contributed by atoms with Gasteiger partial charge < -0.3 is 5.32 Å². The first-order valence-electron chi connectivity index (χ1n) is 5.81. The van der Waals surface area contributed by atoms with Crippen LogP contribution in [0.25, 0.3) is 10.6 Å². The third kappa shape index (κ3) is 2.90. The molecule has 1 aromatic heterocycles. The van der Waals surface area contributed by atoms with Gasteiger partial charge in [-0.1, -0.05) is 36.0 Å². The summed E-state index contributed by atoms with van der Waals surface area (Å²) < 4.78 is 0. The van der Waals surface area contributed by atoms with Crippen molar-refractivity contribution < 1.29 is 0 Å². The van der Waals surface area contributed by atoms with Crippen LogP contribution in [0, 0.1) is 13.8 Å². The normalized spacial score (nSPS) is 10.8. The van der Waals surface area contributed by atoms with E-state index in [1.807, 2.05) is 0 Å². The maximum absolute atomic E-state index is 4.27. The highest BCUT2D eigenvalue weighted by Crippen LogP contribution is 2.27. The van der Waals surface area contributed by atoms with Gasteiger partial charge in [0.1, 0.15) is 10.0 Å². The van der Waals surface area contributed by atoms with Gasteiger partial charge in [0, 0.05) is 12.1 Å². The Kier molecular flexibility index (Phi) is 3.86. The first kappa shape index (κ1) is 12.2. The topological polar surface area (TPSA) is 37.8 Å². The van der Waals surface area contributed by atoms with Crippen LogP contribution in [0.15, 0.2) is 18.2 Å². The molecule has 0 atom stereocenters. The summed E-state index contributed by atoms with van der Waals surface area (Å²) in [7, 11) is 0. The number of nitrogens with zero attached hydrogens (tertiary/aromatic N) is 2. The van der Waals surface area contributed by atoms with Gasteiger partial charge in [0.2, 0.25) is 0 Å². The fourth-order valence-electron chi connectivity index (χ4n) is 1.63. The molecule has 0 bridgehead atoms. The fraction of sp³-hybridized carbons (Fsp3) is 0.385. The molecule has 2 aromatic rings. The third-order valence-corrected chi connectivity index (χ3v) is 3.57. The molecule has 4 heteroatoms. The minimum atomic E-state index is 0.805.